The highest BCUT2D eigenvalue weighted by atomic mass is 19.3. The standard InChI is InChI=1S/C10H9F3O3/c11-7(9(14)15)5-6-3-1-2-4-8(6)16-10(12)13/h1-4,7,10H,5H2,(H,14,15). The van der Waals surface area contributed by atoms with Crippen LogP contribution < -0.4 is 4.74 Å². The molecule has 88 valence electrons. The molecule has 3 nitrogen and oxygen atoms in total. The van der Waals surface area contributed by atoms with Gasteiger partial charge in [0, 0.05) is 6.42 Å². The minimum Gasteiger partial charge on any atom is -0.479 e. The van der Waals surface area contributed by atoms with Crippen LogP contribution in [0.2, 0.25) is 0 Å². The lowest BCUT2D eigenvalue weighted by molar-refractivity contribution is -0.142. The summed E-state index contributed by atoms with van der Waals surface area (Å²) in [6, 6.07) is 5.50. The lowest BCUT2D eigenvalue weighted by Crippen LogP contribution is -2.18. The first-order valence-corrected chi connectivity index (χ1v) is 4.40. The molecule has 0 bridgehead atoms. The number of rotatable bonds is 5. The van der Waals surface area contributed by atoms with Gasteiger partial charge in [0.1, 0.15) is 5.75 Å². The van der Waals surface area contributed by atoms with Gasteiger partial charge in [-0.1, -0.05) is 18.2 Å². The van der Waals surface area contributed by atoms with Crippen molar-refractivity contribution in [2.24, 2.45) is 0 Å². The summed E-state index contributed by atoms with van der Waals surface area (Å²) < 4.78 is 40.9. The zero-order chi connectivity index (χ0) is 12.1. The van der Waals surface area contributed by atoms with Gasteiger partial charge in [-0.3, -0.25) is 0 Å². The molecule has 6 heteroatoms. The molecular formula is C10H9F3O3. The summed E-state index contributed by atoms with van der Waals surface area (Å²) in [5.41, 5.74) is 0.0951. The summed E-state index contributed by atoms with van der Waals surface area (Å²) in [4.78, 5) is 10.3. The van der Waals surface area contributed by atoms with Gasteiger partial charge >= 0.3 is 12.6 Å². The summed E-state index contributed by atoms with van der Waals surface area (Å²) in [5, 5.41) is 8.35. The fourth-order valence-corrected chi connectivity index (χ4v) is 1.16. The van der Waals surface area contributed by atoms with E-state index in [1.807, 2.05) is 0 Å². The van der Waals surface area contributed by atoms with Gasteiger partial charge in [-0.2, -0.15) is 8.78 Å². The quantitative estimate of drug-likeness (QED) is 0.849. The smallest absolute Gasteiger partial charge is 0.387 e. The number of para-hydroxylation sites is 1. The first kappa shape index (κ1) is 12.4. The second-order valence-electron chi connectivity index (χ2n) is 3.00. The Hall–Kier alpha value is -1.72. The first-order chi connectivity index (χ1) is 7.50. The van der Waals surface area contributed by atoms with Crippen LogP contribution in [0.15, 0.2) is 24.3 Å². The number of hydrogen-bond donors (Lipinski definition) is 1. The molecule has 1 unspecified atom stereocenters. The summed E-state index contributed by atoms with van der Waals surface area (Å²) in [7, 11) is 0. The van der Waals surface area contributed by atoms with E-state index in [1.165, 1.54) is 24.3 Å². The van der Waals surface area contributed by atoms with Gasteiger partial charge in [-0.25, -0.2) is 9.18 Å². The van der Waals surface area contributed by atoms with Crippen molar-refractivity contribution in [3.8, 4) is 5.75 Å². The molecule has 0 heterocycles. The number of carboxylic acids is 1. The van der Waals surface area contributed by atoms with Crippen LogP contribution in [0.4, 0.5) is 13.2 Å². The van der Waals surface area contributed by atoms with Crippen molar-refractivity contribution < 1.29 is 27.8 Å². The maximum Gasteiger partial charge on any atom is 0.387 e. The molecule has 0 aliphatic rings. The van der Waals surface area contributed by atoms with Crippen LogP contribution in [0.3, 0.4) is 0 Å². The minimum absolute atomic E-state index is 0.0951. The van der Waals surface area contributed by atoms with Gasteiger partial charge in [-0.15, -0.1) is 0 Å². The molecule has 1 aromatic rings. The molecule has 1 atom stereocenters. The number of alkyl halides is 3. The molecule has 1 N–H and O–H groups in total. The van der Waals surface area contributed by atoms with Crippen molar-refractivity contribution in [1.82, 2.24) is 0 Å². The number of carboxylic acid groups (broad SMARTS) is 1. The van der Waals surface area contributed by atoms with Crippen LogP contribution in [0.25, 0.3) is 0 Å². The van der Waals surface area contributed by atoms with Gasteiger partial charge in [0.25, 0.3) is 0 Å². The molecule has 0 saturated heterocycles. The topological polar surface area (TPSA) is 46.5 Å². The summed E-state index contributed by atoms with van der Waals surface area (Å²) >= 11 is 0. The van der Waals surface area contributed by atoms with E-state index in [0.29, 0.717) is 0 Å². The van der Waals surface area contributed by atoms with Gasteiger partial charge in [-0.05, 0) is 11.6 Å². The molecular weight excluding hydrogens is 225 g/mol. The molecule has 0 spiro atoms. The van der Waals surface area contributed by atoms with Crippen LogP contribution in [0, 0.1) is 0 Å². The maximum absolute atomic E-state index is 12.9. The Morgan fingerprint density at radius 3 is 2.50 bits per heavy atom. The van der Waals surface area contributed by atoms with Crippen LogP contribution in [0.5, 0.6) is 5.75 Å². The van der Waals surface area contributed by atoms with Crippen molar-refractivity contribution in [3.05, 3.63) is 29.8 Å². The summed E-state index contributed by atoms with van der Waals surface area (Å²) in [6.45, 7) is -3.02. The van der Waals surface area contributed by atoms with Crippen LogP contribution >= 0.6 is 0 Å². The Balaban J connectivity index is 2.82. The molecule has 0 aromatic heterocycles. The molecule has 0 fully saturated rings. The van der Waals surface area contributed by atoms with E-state index < -0.39 is 25.2 Å². The molecule has 1 aromatic carbocycles. The Kier molecular flexibility index (Phi) is 4.16. The SMILES string of the molecule is O=C(O)C(F)Cc1ccccc1OC(F)F. The molecule has 0 aliphatic carbocycles. The third-order valence-electron chi connectivity index (χ3n) is 1.86. The Morgan fingerprint density at radius 1 is 1.31 bits per heavy atom. The van der Waals surface area contributed by atoms with Gasteiger partial charge in [0.05, 0.1) is 0 Å². The van der Waals surface area contributed by atoms with E-state index in [9.17, 15) is 18.0 Å². The van der Waals surface area contributed by atoms with Gasteiger partial charge < -0.3 is 9.84 Å². The second-order valence-corrected chi connectivity index (χ2v) is 3.00. The molecule has 0 radical (unpaired) electrons. The van der Waals surface area contributed by atoms with Crippen molar-refractivity contribution >= 4 is 5.97 Å². The fourth-order valence-electron chi connectivity index (χ4n) is 1.16. The number of ether oxygens (including phenoxy) is 1. The Labute approximate surface area is 89.5 Å². The zero-order valence-corrected chi connectivity index (χ0v) is 8.07. The predicted molar refractivity (Wildman–Crippen MR) is 49.3 cm³/mol. The number of aliphatic carboxylic acids is 1. The lowest BCUT2D eigenvalue weighted by atomic mass is 10.1. The molecule has 1 rings (SSSR count). The average molecular weight is 234 g/mol. The highest BCUT2D eigenvalue weighted by Crippen LogP contribution is 2.22. The maximum atomic E-state index is 12.9. The van der Waals surface area contributed by atoms with Crippen molar-refractivity contribution in [1.29, 1.82) is 0 Å². The Bertz CT molecular complexity index is 368. The zero-order valence-electron chi connectivity index (χ0n) is 8.07. The third-order valence-corrected chi connectivity index (χ3v) is 1.86. The third kappa shape index (κ3) is 3.45. The van der Waals surface area contributed by atoms with Crippen molar-refractivity contribution in [3.63, 3.8) is 0 Å². The van der Waals surface area contributed by atoms with E-state index in [0.717, 1.165) is 0 Å². The van der Waals surface area contributed by atoms with Crippen molar-refractivity contribution in [2.45, 2.75) is 19.2 Å². The van der Waals surface area contributed by atoms with E-state index in [-0.39, 0.29) is 11.3 Å². The number of halogens is 3. The van der Waals surface area contributed by atoms with Crippen LogP contribution in [-0.4, -0.2) is 23.9 Å². The molecule has 0 saturated carbocycles. The van der Waals surface area contributed by atoms with Crippen molar-refractivity contribution in [2.75, 3.05) is 0 Å². The van der Waals surface area contributed by atoms with Crippen LogP contribution in [-0.2, 0) is 11.2 Å². The van der Waals surface area contributed by atoms with Gasteiger partial charge in [0.15, 0.2) is 0 Å². The molecule has 0 amide bonds. The highest BCUT2D eigenvalue weighted by Gasteiger charge is 2.19. The highest BCUT2D eigenvalue weighted by molar-refractivity contribution is 5.72. The molecule has 16 heavy (non-hydrogen) atoms. The Morgan fingerprint density at radius 2 is 1.94 bits per heavy atom. The van der Waals surface area contributed by atoms with E-state index in [2.05, 4.69) is 4.74 Å². The predicted octanol–water partition coefficient (Wildman–Crippen LogP) is 2.25. The average Bonchev–Trinajstić information content (AvgIpc) is 2.20. The molecule has 0 aliphatic heterocycles. The fraction of sp³-hybridized carbons (Fsp3) is 0.300. The van der Waals surface area contributed by atoms with E-state index >= 15 is 0 Å². The number of carbonyl (C=O) groups is 1. The number of benzene rings is 1. The van der Waals surface area contributed by atoms with E-state index in [1.54, 1.807) is 0 Å². The normalized spacial score (nSPS) is 12.5. The number of hydrogen-bond acceptors (Lipinski definition) is 2. The monoisotopic (exact) mass is 234 g/mol. The first-order valence-electron chi connectivity index (χ1n) is 4.40. The lowest BCUT2D eigenvalue weighted by Gasteiger charge is -2.10. The largest absolute Gasteiger partial charge is 0.479 e. The van der Waals surface area contributed by atoms with Crippen LogP contribution in [0.1, 0.15) is 5.56 Å². The van der Waals surface area contributed by atoms with Gasteiger partial charge in [0.2, 0.25) is 6.17 Å². The summed E-state index contributed by atoms with van der Waals surface area (Å²) in [6.07, 6.45) is -2.64. The minimum atomic E-state index is -3.02. The van der Waals surface area contributed by atoms with E-state index in [4.69, 9.17) is 5.11 Å². The second kappa shape index (κ2) is 5.39. The summed E-state index contributed by atoms with van der Waals surface area (Å²) in [5.74, 6) is -1.84.